The van der Waals surface area contributed by atoms with Gasteiger partial charge in [-0.1, -0.05) is 25.1 Å². The summed E-state index contributed by atoms with van der Waals surface area (Å²) in [5, 5.41) is 7.56. The quantitative estimate of drug-likeness (QED) is 0.882. The van der Waals surface area contributed by atoms with Crippen molar-refractivity contribution in [3.8, 4) is 5.75 Å². The number of hydrogen-bond acceptors (Lipinski definition) is 3. The highest BCUT2D eigenvalue weighted by atomic mass is 19.1. The summed E-state index contributed by atoms with van der Waals surface area (Å²) >= 11 is 0. The van der Waals surface area contributed by atoms with Crippen LogP contribution in [0.2, 0.25) is 0 Å². The number of rotatable bonds is 6. The van der Waals surface area contributed by atoms with Gasteiger partial charge in [-0.3, -0.25) is 4.68 Å². The molecule has 5 heteroatoms. The van der Waals surface area contributed by atoms with E-state index in [1.807, 2.05) is 13.1 Å². The van der Waals surface area contributed by atoms with Gasteiger partial charge in [-0.05, 0) is 19.0 Å². The van der Waals surface area contributed by atoms with Crippen molar-refractivity contribution in [3.05, 3.63) is 47.5 Å². The Morgan fingerprint density at radius 2 is 2.15 bits per heavy atom. The molecule has 0 spiro atoms. The summed E-state index contributed by atoms with van der Waals surface area (Å²) in [6.07, 6.45) is 2.61. The summed E-state index contributed by atoms with van der Waals surface area (Å²) in [5.41, 5.74) is 1.42. The first kappa shape index (κ1) is 14.5. The van der Waals surface area contributed by atoms with Crippen LogP contribution in [0.1, 0.15) is 30.6 Å². The maximum atomic E-state index is 14.1. The van der Waals surface area contributed by atoms with E-state index in [1.54, 1.807) is 30.1 Å². The zero-order chi connectivity index (χ0) is 14.5. The smallest absolute Gasteiger partial charge is 0.161 e. The molecule has 0 amide bonds. The summed E-state index contributed by atoms with van der Waals surface area (Å²) in [4.78, 5) is 0. The lowest BCUT2D eigenvalue weighted by molar-refractivity contribution is 0.399. The lowest BCUT2D eigenvalue weighted by atomic mass is 10.0. The summed E-state index contributed by atoms with van der Waals surface area (Å²) in [5.74, 6) is 0.425. The Bertz CT molecular complexity index is 568. The highest BCUT2D eigenvalue weighted by Gasteiger charge is 2.24. The Kier molecular flexibility index (Phi) is 4.74. The van der Waals surface area contributed by atoms with Crippen LogP contribution in [0.5, 0.6) is 5.75 Å². The molecule has 0 bridgehead atoms. The molecule has 1 N–H and O–H groups in total. The molecule has 1 aromatic heterocycles. The molecule has 1 unspecified atom stereocenters. The molecule has 0 aliphatic carbocycles. The molecule has 0 saturated heterocycles. The second kappa shape index (κ2) is 6.52. The summed E-state index contributed by atoms with van der Waals surface area (Å²) in [6.45, 7) is 2.86. The van der Waals surface area contributed by atoms with Crippen LogP contribution in [0.4, 0.5) is 4.39 Å². The fourth-order valence-corrected chi connectivity index (χ4v) is 2.27. The summed E-state index contributed by atoms with van der Waals surface area (Å²) in [7, 11) is 3.43. The van der Waals surface area contributed by atoms with Crippen molar-refractivity contribution in [3.63, 3.8) is 0 Å². The Labute approximate surface area is 118 Å². The predicted molar refractivity (Wildman–Crippen MR) is 76.3 cm³/mol. The minimum Gasteiger partial charge on any atom is -0.493 e. The first-order valence-electron chi connectivity index (χ1n) is 6.72. The van der Waals surface area contributed by atoms with Gasteiger partial charge in [-0.25, -0.2) is 4.39 Å². The second-order valence-corrected chi connectivity index (χ2v) is 4.63. The van der Waals surface area contributed by atoms with Crippen LogP contribution >= 0.6 is 0 Å². The molecule has 1 atom stereocenters. The van der Waals surface area contributed by atoms with Crippen molar-refractivity contribution >= 4 is 0 Å². The van der Waals surface area contributed by atoms with Gasteiger partial charge in [0.05, 0.1) is 19.3 Å². The minimum absolute atomic E-state index is 0.232. The molecule has 0 radical (unpaired) electrons. The maximum Gasteiger partial charge on any atom is 0.161 e. The number of methoxy groups -OCH3 is 1. The first-order valence-corrected chi connectivity index (χ1v) is 6.72. The molecule has 2 aromatic rings. The van der Waals surface area contributed by atoms with Crippen molar-refractivity contribution in [1.29, 1.82) is 0 Å². The molecule has 0 aliphatic heterocycles. The van der Waals surface area contributed by atoms with Gasteiger partial charge in [0.25, 0.3) is 0 Å². The maximum absolute atomic E-state index is 14.1. The number of nitrogens with one attached hydrogen (secondary N) is 1. The fourth-order valence-electron chi connectivity index (χ4n) is 2.27. The van der Waals surface area contributed by atoms with E-state index in [4.69, 9.17) is 4.74 Å². The van der Waals surface area contributed by atoms with E-state index < -0.39 is 0 Å². The zero-order valence-electron chi connectivity index (χ0n) is 12.1. The number of hydrogen-bond donors (Lipinski definition) is 1. The van der Waals surface area contributed by atoms with Gasteiger partial charge in [-0.15, -0.1) is 0 Å². The molecule has 0 aliphatic rings. The molecule has 1 aromatic carbocycles. The van der Waals surface area contributed by atoms with Crippen molar-refractivity contribution in [2.45, 2.75) is 19.4 Å². The monoisotopic (exact) mass is 277 g/mol. The van der Waals surface area contributed by atoms with Gasteiger partial charge in [-0.2, -0.15) is 5.10 Å². The predicted octanol–water partition coefficient (Wildman–Crippen LogP) is 2.66. The molecule has 0 saturated carbocycles. The van der Waals surface area contributed by atoms with E-state index in [0.29, 0.717) is 11.3 Å². The number of halogens is 1. The van der Waals surface area contributed by atoms with Gasteiger partial charge in [0.1, 0.15) is 11.5 Å². The van der Waals surface area contributed by atoms with Crippen LogP contribution in [0.3, 0.4) is 0 Å². The van der Waals surface area contributed by atoms with Gasteiger partial charge in [0, 0.05) is 12.6 Å². The third-order valence-electron chi connectivity index (χ3n) is 3.26. The summed E-state index contributed by atoms with van der Waals surface area (Å²) in [6, 6.07) is 6.50. The number of aromatic nitrogens is 2. The summed E-state index contributed by atoms with van der Waals surface area (Å²) < 4.78 is 21.2. The number of benzene rings is 1. The van der Waals surface area contributed by atoms with Crippen molar-refractivity contribution in [1.82, 2.24) is 15.1 Å². The molecular weight excluding hydrogens is 257 g/mol. The van der Waals surface area contributed by atoms with E-state index in [2.05, 4.69) is 17.3 Å². The van der Waals surface area contributed by atoms with Gasteiger partial charge >= 0.3 is 0 Å². The Balaban J connectivity index is 2.47. The normalized spacial score (nSPS) is 12.4. The molecule has 1 heterocycles. The van der Waals surface area contributed by atoms with Gasteiger partial charge in [0.2, 0.25) is 0 Å². The van der Waals surface area contributed by atoms with Crippen molar-refractivity contribution in [2.75, 3.05) is 13.7 Å². The van der Waals surface area contributed by atoms with Gasteiger partial charge in [0.15, 0.2) is 5.75 Å². The second-order valence-electron chi connectivity index (χ2n) is 4.63. The van der Waals surface area contributed by atoms with Crippen LogP contribution in [0.25, 0.3) is 0 Å². The average Bonchev–Trinajstić information content (AvgIpc) is 2.82. The molecule has 0 fully saturated rings. The molecule has 20 heavy (non-hydrogen) atoms. The molecule has 108 valence electrons. The van der Waals surface area contributed by atoms with Crippen molar-refractivity contribution < 1.29 is 9.13 Å². The van der Waals surface area contributed by atoms with Crippen LogP contribution in [0, 0.1) is 5.82 Å². The fraction of sp³-hybridized carbons (Fsp3) is 0.400. The largest absolute Gasteiger partial charge is 0.493 e. The Hall–Kier alpha value is -1.88. The average molecular weight is 277 g/mol. The molecule has 4 nitrogen and oxygen atoms in total. The highest BCUT2D eigenvalue weighted by molar-refractivity contribution is 5.37. The lowest BCUT2D eigenvalue weighted by Gasteiger charge is -2.21. The van der Waals surface area contributed by atoms with E-state index in [-0.39, 0.29) is 11.9 Å². The topological polar surface area (TPSA) is 39.1 Å². The van der Waals surface area contributed by atoms with E-state index >= 15 is 0 Å². The van der Waals surface area contributed by atoms with E-state index in [1.165, 1.54) is 6.07 Å². The van der Waals surface area contributed by atoms with Crippen LogP contribution in [0.15, 0.2) is 30.5 Å². The third-order valence-corrected chi connectivity index (χ3v) is 3.26. The molecular formula is C15H20FN3O. The van der Waals surface area contributed by atoms with Crippen molar-refractivity contribution in [2.24, 2.45) is 7.05 Å². The minimum atomic E-state index is -0.279. The van der Waals surface area contributed by atoms with E-state index in [0.717, 1.165) is 18.7 Å². The third kappa shape index (κ3) is 2.82. The standard InChI is InChI=1S/C15H20FN3O/c1-4-9-17-14(11-7-5-6-8-12(11)16)15-13(20-3)10-18-19(15)2/h5-8,10,14,17H,4,9H2,1-3H3. The van der Waals surface area contributed by atoms with E-state index in [9.17, 15) is 4.39 Å². The van der Waals surface area contributed by atoms with Crippen LogP contribution in [-0.2, 0) is 7.05 Å². The van der Waals surface area contributed by atoms with Crippen LogP contribution in [-0.4, -0.2) is 23.4 Å². The lowest BCUT2D eigenvalue weighted by Crippen LogP contribution is -2.26. The van der Waals surface area contributed by atoms with Gasteiger partial charge < -0.3 is 10.1 Å². The number of nitrogens with zero attached hydrogens (tertiary/aromatic N) is 2. The zero-order valence-corrected chi connectivity index (χ0v) is 12.1. The highest BCUT2D eigenvalue weighted by Crippen LogP contribution is 2.30. The number of ether oxygens (including phenoxy) is 1. The first-order chi connectivity index (χ1) is 9.69. The number of aryl methyl sites for hydroxylation is 1. The Morgan fingerprint density at radius 3 is 2.80 bits per heavy atom. The SMILES string of the molecule is CCCNC(c1ccccc1F)c1c(OC)cnn1C. The van der Waals surface area contributed by atoms with Crippen LogP contribution < -0.4 is 10.1 Å². The molecule has 2 rings (SSSR count). The Morgan fingerprint density at radius 1 is 1.40 bits per heavy atom.